The number of hydrogen-bond donors (Lipinski definition) is 1. The molecule has 1 aromatic carbocycles. The van der Waals surface area contributed by atoms with Crippen LogP contribution in [0.15, 0.2) is 30.3 Å². The van der Waals surface area contributed by atoms with Crippen molar-refractivity contribution >= 4 is 28.3 Å². The Morgan fingerprint density at radius 1 is 1.08 bits per heavy atom. The van der Waals surface area contributed by atoms with Crippen molar-refractivity contribution in [2.75, 3.05) is 5.32 Å². The van der Waals surface area contributed by atoms with Gasteiger partial charge in [-0.2, -0.15) is 0 Å². The first-order valence-electron chi connectivity index (χ1n) is 7.97. The molecule has 2 atom stereocenters. The largest absolute Gasteiger partial charge is 0.522 e. The van der Waals surface area contributed by atoms with Crippen LogP contribution in [0, 0.1) is 0 Å². The van der Waals surface area contributed by atoms with Gasteiger partial charge in [0.05, 0.1) is 16.6 Å². The number of alkyl halides is 3. The van der Waals surface area contributed by atoms with E-state index in [2.05, 4.69) is 15.0 Å². The van der Waals surface area contributed by atoms with E-state index in [1.165, 1.54) is 0 Å². The van der Waals surface area contributed by atoms with Gasteiger partial charge in [-0.3, -0.25) is 4.74 Å². The Labute approximate surface area is 143 Å². The minimum atomic E-state index is -4.56. The number of hydrogen-bond acceptors (Lipinski definition) is 3. The SMILES string of the molecule is FC(F)(F)OC1CCCC(Nc2ccc3cccc(Cl)c3n2)CC1. The summed E-state index contributed by atoms with van der Waals surface area (Å²) in [5.41, 5.74) is 0.719. The van der Waals surface area contributed by atoms with Crippen molar-refractivity contribution < 1.29 is 17.9 Å². The van der Waals surface area contributed by atoms with Crippen molar-refractivity contribution in [2.24, 2.45) is 0 Å². The number of rotatable bonds is 3. The van der Waals surface area contributed by atoms with Gasteiger partial charge >= 0.3 is 6.36 Å². The summed E-state index contributed by atoms with van der Waals surface area (Å²) in [4.78, 5) is 4.52. The van der Waals surface area contributed by atoms with Crippen LogP contribution in [0.2, 0.25) is 5.02 Å². The number of nitrogens with one attached hydrogen (secondary N) is 1. The van der Waals surface area contributed by atoms with Gasteiger partial charge in [0.1, 0.15) is 5.82 Å². The molecule has 3 rings (SSSR count). The van der Waals surface area contributed by atoms with Crippen LogP contribution in [0.25, 0.3) is 10.9 Å². The van der Waals surface area contributed by atoms with Gasteiger partial charge in [0, 0.05) is 11.4 Å². The molecule has 1 aliphatic carbocycles. The third kappa shape index (κ3) is 4.51. The topological polar surface area (TPSA) is 34.1 Å². The molecular weight excluding hydrogens is 341 g/mol. The van der Waals surface area contributed by atoms with Crippen LogP contribution >= 0.6 is 11.6 Å². The first-order valence-corrected chi connectivity index (χ1v) is 8.35. The van der Waals surface area contributed by atoms with Crippen molar-refractivity contribution in [2.45, 2.75) is 50.6 Å². The predicted molar refractivity (Wildman–Crippen MR) is 88.2 cm³/mol. The third-order valence-corrected chi connectivity index (χ3v) is 4.54. The fourth-order valence-electron chi connectivity index (χ4n) is 3.12. The number of benzene rings is 1. The minimum absolute atomic E-state index is 0.0827. The Bertz CT molecular complexity index is 708. The molecule has 1 saturated carbocycles. The molecule has 2 aromatic rings. The van der Waals surface area contributed by atoms with Crippen LogP contribution in [0.1, 0.15) is 32.1 Å². The molecule has 2 unspecified atom stereocenters. The molecule has 1 aromatic heterocycles. The highest BCUT2D eigenvalue weighted by molar-refractivity contribution is 6.35. The van der Waals surface area contributed by atoms with Crippen molar-refractivity contribution in [3.63, 3.8) is 0 Å². The summed E-state index contributed by atoms with van der Waals surface area (Å²) >= 11 is 6.17. The third-order valence-electron chi connectivity index (χ3n) is 4.24. The van der Waals surface area contributed by atoms with Gasteiger partial charge in [-0.1, -0.05) is 23.7 Å². The second kappa shape index (κ2) is 7.15. The number of pyridine rings is 1. The molecule has 0 radical (unpaired) electrons. The Kier molecular flexibility index (Phi) is 5.15. The highest BCUT2D eigenvalue weighted by atomic mass is 35.5. The van der Waals surface area contributed by atoms with E-state index < -0.39 is 12.5 Å². The number of para-hydroxylation sites is 1. The number of anilines is 1. The number of aromatic nitrogens is 1. The maximum absolute atomic E-state index is 12.3. The maximum atomic E-state index is 12.3. The Hall–Kier alpha value is -1.53. The first kappa shape index (κ1) is 17.3. The van der Waals surface area contributed by atoms with Crippen LogP contribution in [0.4, 0.5) is 19.0 Å². The fourth-order valence-corrected chi connectivity index (χ4v) is 3.34. The summed E-state index contributed by atoms with van der Waals surface area (Å²) in [5, 5.41) is 4.85. The minimum Gasteiger partial charge on any atom is -0.367 e. The van der Waals surface area contributed by atoms with Crippen molar-refractivity contribution in [3.8, 4) is 0 Å². The predicted octanol–water partition coefficient (Wildman–Crippen LogP) is 5.54. The van der Waals surface area contributed by atoms with Crippen LogP contribution in [-0.4, -0.2) is 23.5 Å². The van der Waals surface area contributed by atoms with E-state index >= 15 is 0 Å². The lowest BCUT2D eigenvalue weighted by molar-refractivity contribution is -0.343. The van der Waals surface area contributed by atoms with Gasteiger partial charge in [0.2, 0.25) is 0 Å². The molecule has 3 nitrogen and oxygen atoms in total. The smallest absolute Gasteiger partial charge is 0.367 e. The number of nitrogens with zero attached hydrogens (tertiary/aromatic N) is 1. The molecule has 1 aliphatic rings. The molecule has 1 fully saturated rings. The standard InChI is InChI=1S/C17H18ClF3N2O/c18-14-6-1-3-11-7-10-15(23-16(11)14)22-12-4-2-5-13(9-8-12)24-17(19,20)21/h1,3,6-7,10,12-13H,2,4-5,8-9H2,(H,22,23). The molecule has 0 aliphatic heterocycles. The summed E-state index contributed by atoms with van der Waals surface area (Å²) in [6.07, 6.45) is -2.42. The van der Waals surface area contributed by atoms with Crippen LogP contribution in [0.5, 0.6) is 0 Å². The maximum Gasteiger partial charge on any atom is 0.522 e. The molecule has 0 bridgehead atoms. The highest BCUT2D eigenvalue weighted by Gasteiger charge is 2.34. The Balaban J connectivity index is 1.65. The number of ether oxygens (including phenoxy) is 1. The summed E-state index contributed by atoms with van der Waals surface area (Å²) < 4.78 is 41.2. The van der Waals surface area contributed by atoms with Gasteiger partial charge in [-0.25, -0.2) is 4.98 Å². The summed E-state index contributed by atoms with van der Waals surface area (Å²) in [6, 6.07) is 9.47. The van der Waals surface area contributed by atoms with Crippen molar-refractivity contribution in [1.82, 2.24) is 4.98 Å². The summed E-state index contributed by atoms with van der Waals surface area (Å²) in [6.45, 7) is 0. The second-order valence-electron chi connectivity index (χ2n) is 6.04. The van der Waals surface area contributed by atoms with Crippen molar-refractivity contribution in [3.05, 3.63) is 35.4 Å². The quantitative estimate of drug-likeness (QED) is 0.732. The van der Waals surface area contributed by atoms with E-state index in [0.29, 0.717) is 36.5 Å². The lowest BCUT2D eigenvalue weighted by atomic mass is 10.1. The average Bonchev–Trinajstić information content (AvgIpc) is 2.72. The van der Waals surface area contributed by atoms with E-state index in [4.69, 9.17) is 11.6 Å². The van der Waals surface area contributed by atoms with Crippen LogP contribution in [-0.2, 0) is 4.74 Å². The second-order valence-corrected chi connectivity index (χ2v) is 6.45. The molecule has 7 heteroatoms. The van der Waals surface area contributed by atoms with E-state index in [9.17, 15) is 13.2 Å². The number of fused-ring (bicyclic) bond motifs is 1. The lowest BCUT2D eigenvalue weighted by Crippen LogP contribution is -2.24. The zero-order chi connectivity index (χ0) is 17.2. The van der Waals surface area contributed by atoms with E-state index in [1.54, 1.807) is 6.07 Å². The van der Waals surface area contributed by atoms with Crippen molar-refractivity contribution in [1.29, 1.82) is 0 Å². The van der Waals surface area contributed by atoms with Gasteiger partial charge in [-0.05, 0) is 50.3 Å². The monoisotopic (exact) mass is 358 g/mol. The molecule has 0 saturated heterocycles. The zero-order valence-corrected chi connectivity index (χ0v) is 13.7. The van der Waals surface area contributed by atoms with E-state index in [-0.39, 0.29) is 6.04 Å². The first-order chi connectivity index (χ1) is 11.4. The van der Waals surface area contributed by atoms with Crippen LogP contribution < -0.4 is 5.32 Å². The van der Waals surface area contributed by atoms with Crippen LogP contribution in [0.3, 0.4) is 0 Å². The molecule has 1 N–H and O–H groups in total. The zero-order valence-electron chi connectivity index (χ0n) is 12.9. The summed E-state index contributed by atoms with van der Waals surface area (Å²) in [5.74, 6) is 0.691. The molecule has 0 amide bonds. The normalized spacial score (nSPS) is 22.3. The van der Waals surface area contributed by atoms with E-state index in [0.717, 1.165) is 17.3 Å². The Morgan fingerprint density at radius 2 is 1.92 bits per heavy atom. The molecular formula is C17H18ClF3N2O. The summed E-state index contributed by atoms with van der Waals surface area (Å²) in [7, 11) is 0. The fraction of sp³-hybridized carbons (Fsp3) is 0.471. The van der Waals surface area contributed by atoms with Gasteiger partial charge in [0.25, 0.3) is 0 Å². The lowest BCUT2D eigenvalue weighted by Gasteiger charge is -2.19. The molecule has 130 valence electrons. The Morgan fingerprint density at radius 3 is 2.71 bits per heavy atom. The van der Waals surface area contributed by atoms with Gasteiger partial charge < -0.3 is 5.32 Å². The molecule has 24 heavy (non-hydrogen) atoms. The molecule has 1 heterocycles. The van der Waals surface area contributed by atoms with Gasteiger partial charge in [-0.15, -0.1) is 13.2 Å². The molecule has 0 spiro atoms. The van der Waals surface area contributed by atoms with E-state index in [1.807, 2.05) is 24.3 Å². The van der Waals surface area contributed by atoms with Gasteiger partial charge in [0.15, 0.2) is 0 Å². The highest BCUT2D eigenvalue weighted by Crippen LogP contribution is 2.29. The average molecular weight is 359 g/mol. The number of halogens is 4.